The van der Waals surface area contributed by atoms with Gasteiger partial charge in [0.15, 0.2) is 0 Å². The van der Waals surface area contributed by atoms with Gasteiger partial charge in [0.2, 0.25) is 0 Å². The van der Waals surface area contributed by atoms with E-state index in [0.717, 1.165) is 5.56 Å². The Morgan fingerprint density at radius 2 is 1.79 bits per heavy atom. The Balaban J connectivity index is 1.85. The predicted molar refractivity (Wildman–Crippen MR) is 109 cm³/mol. The Morgan fingerprint density at radius 1 is 1.04 bits per heavy atom. The lowest BCUT2D eigenvalue weighted by Crippen LogP contribution is -2.22. The van der Waals surface area contributed by atoms with E-state index in [9.17, 15) is 9.59 Å². The third-order valence-corrected chi connectivity index (χ3v) is 4.42. The van der Waals surface area contributed by atoms with Gasteiger partial charge in [0.05, 0.1) is 32.0 Å². The lowest BCUT2D eigenvalue weighted by Gasteiger charge is -2.13. The van der Waals surface area contributed by atoms with Crippen molar-refractivity contribution in [2.75, 3.05) is 19.5 Å². The van der Waals surface area contributed by atoms with Crippen LogP contribution in [0.4, 0.5) is 5.69 Å². The largest absolute Gasteiger partial charge is 0.497 e. The molecule has 0 aliphatic heterocycles. The maximum Gasteiger partial charge on any atom is 0.257 e. The molecule has 7 heteroatoms. The van der Waals surface area contributed by atoms with E-state index < -0.39 is 0 Å². The summed E-state index contributed by atoms with van der Waals surface area (Å²) >= 11 is 5.90. The minimum atomic E-state index is -0.364. The highest BCUT2D eigenvalue weighted by Gasteiger charge is 2.12. The SMILES string of the molecule is COc1ccc(OC)c(NC(=O)c2ccc(=O)n(Cc3ccc(Cl)cc3)c2)c1. The number of hydrogen-bond acceptors (Lipinski definition) is 4. The summed E-state index contributed by atoms with van der Waals surface area (Å²) in [6.45, 7) is 0.333. The molecule has 0 unspecified atom stereocenters. The van der Waals surface area contributed by atoms with Crippen molar-refractivity contribution in [3.8, 4) is 11.5 Å². The molecule has 0 spiro atoms. The topological polar surface area (TPSA) is 69.6 Å². The molecule has 0 aliphatic rings. The Bertz CT molecular complexity index is 1050. The van der Waals surface area contributed by atoms with Gasteiger partial charge in [-0.05, 0) is 35.9 Å². The number of carbonyl (C=O) groups excluding carboxylic acids is 1. The molecule has 0 aliphatic carbocycles. The number of halogens is 1. The Hall–Kier alpha value is -3.25. The van der Waals surface area contributed by atoms with Crippen molar-refractivity contribution in [2.45, 2.75) is 6.54 Å². The van der Waals surface area contributed by atoms with E-state index in [2.05, 4.69) is 5.32 Å². The molecule has 0 fully saturated rings. The number of pyridine rings is 1. The molecule has 1 heterocycles. The van der Waals surface area contributed by atoms with Crippen molar-refractivity contribution in [1.29, 1.82) is 0 Å². The van der Waals surface area contributed by atoms with Gasteiger partial charge < -0.3 is 19.4 Å². The van der Waals surface area contributed by atoms with Crippen molar-refractivity contribution in [3.63, 3.8) is 0 Å². The zero-order chi connectivity index (χ0) is 20.1. The molecule has 28 heavy (non-hydrogen) atoms. The number of hydrogen-bond donors (Lipinski definition) is 1. The zero-order valence-electron chi connectivity index (χ0n) is 15.4. The second-order valence-corrected chi connectivity index (χ2v) is 6.47. The fraction of sp³-hybridized carbons (Fsp3) is 0.143. The van der Waals surface area contributed by atoms with Gasteiger partial charge in [-0.25, -0.2) is 0 Å². The van der Waals surface area contributed by atoms with Crippen LogP contribution in [0.15, 0.2) is 65.6 Å². The van der Waals surface area contributed by atoms with Crippen LogP contribution in [0.1, 0.15) is 15.9 Å². The summed E-state index contributed by atoms with van der Waals surface area (Å²) in [5.74, 6) is 0.726. The minimum Gasteiger partial charge on any atom is -0.497 e. The first-order valence-electron chi connectivity index (χ1n) is 8.48. The standard InChI is InChI=1S/C21H19ClN2O4/c1-27-17-8-9-19(28-2)18(11-17)23-21(26)15-5-10-20(25)24(13-15)12-14-3-6-16(22)7-4-14/h3-11,13H,12H2,1-2H3,(H,23,26). The lowest BCUT2D eigenvalue weighted by atomic mass is 10.2. The molecule has 144 valence electrons. The molecule has 1 amide bonds. The second kappa shape index (κ2) is 8.63. The molecule has 0 bridgehead atoms. The quantitative estimate of drug-likeness (QED) is 0.685. The van der Waals surface area contributed by atoms with E-state index in [1.807, 2.05) is 12.1 Å². The van der Waals surface area contributed by atoms with E-state index >= 15 is 0 Å². The van der Waals surface area contributed by atoms with Gasteiger partial charge >= 0.3 is 0 Å². The number of benzene rings is 2. The molecule has 0 atom stereocenters. The van der Waals surface area contributed by atoms with Gasteiger partial charge in [-0.1, -0.05) is 23.7 Å². The summed E-state index contributed by atoms with van der Waals surface area (Å²) in [6.07, 6.45) is 1.53. The van der Waals surface area contributed by atoms with Crippen molar-refractivity contribution >= 4 is 23.2 Å². The fourth-order valence-corrected chi connectivity index (χ4v) is 2.81. The van der Waals surface area contributed by atoms with E-state index in [1.165, 1.54) is 30.0 Å². The number of nitrogens with one attached hydrogen (secondary N) is 1. The molecule has 3 rings (SSSR count). The van der Waals surface area contributed by atoms with Crippen LogP contribution in [-0.4, -0.2) is 24.7 Å². The van der Waals surface area contributed by atoms with Crippen LogP contribution in [0, 0.1) is 0 Å². The van der Waals surface area contributed by atoms with Crippen LogP contribution in [0.5, 0.6) is 11.5 Å². The van der Waals surface area contributed by atoms with E-state index in [-0.39, 0.29) is 11.5 Å². The summed E-state index contributed by atoms with van der Waals surface area (Å²) < 4.78 is 11.9. The van der Waals surface area contributed by atoms with E-state index in [0.29, 0.717) is 34.3 Å². The van der Waals surface area contributed by atoms with Crippen LogP contribution >= 0.6 is 11.6 Å². The minimum absolute atomic E-state index is 0.203. The number of rotatable bonds is 6. The number of methoxy groups -OCH3 is 2. The van der Waals surface area contributed by atoms with Gasteiger partial charge in [0.1, 0.15) is 11.5 Å². The number of carbonyl (C=O) groups is 1. The van der Waals surface area contributed by atoms with Gasteiger partial charge in [0, 0.05) is 23.4 Å². The van der Waals surface area contributed by atoms with E-state index in [4.69, 9.17) is 21.1 Å². The first kappa shape index (κ1) is 19.5. The molecule has 2 aromatic carbocycles. The highest BCUT2D eigenvalue weighted by molar-refractivity contribution is 6.30. The molecule has 0 saturated carbocycles. The third-order valence-electron chi connectivity index (χ3n) is 4.17. The van der Waals surface area contributed by atoms with Gasteiger partial charge in [-0.2, -0.15) is 0 Å². The van der Waals surface area contributed by atoms with Crippen LogP contribution in [-0.2, 0) is 6.54 Å². The van der Waals surface area contributed by atoms with Crippen molar-refractivity contribution in [2.24, 2.45) is 0 Å². The lowest BCUT2D eigenvalue weighted by molar-refractivity contribution is 0.102. The summed E-state index contributed by atoms with van der Waals surface area (Å²) in [5, 5.41) is 3.42. The highest BCUT2D eigenvalue weighted by atomic mass is 35.5. The van der Waals surface area contributed by atoms with E-state index in [1.54, 1.807) is 37.4 Å². The zero-order valence-corrected chi connectivity index (χ0v) is 16.2. The Morgan fingerprint density at radius 3 is 2.46 bits per heavy atom. The smallest absolute Gasteiger partial charge is 0.257 e. The fourth-order valence-electron chi connectivity index (χ4n) is 2.68. The van der Waals surface area contributed by atoms with Crippen LogP contribution in [0.25, 0.3) is 0 Å². The first-order chi connectivity index (χ1) is 13.5. The number of aromatic nitrogens is 1. The van der Waals surface area contributed by atoms with Crippen LogP contribution in [0.3, 0.4) is 0 Å². The number of amides is 1. The summed E-state index contributed by atoms with van der Waals surface area (Å²) in [5.41, 5.74) is 1.52. The van der Waals surface area contributed by atoms with Gasteiger partial charge in [-0.15, -0.1) is 0 Å². The molecular formula is C21H19ClN2O4. The maximum atomic E-state index is 12.7. The third kappa shape index (κ3) is 4.53. The maximum absolute atomic E-state index is 12.7. The molecule has 1 aromatic heterocycles. The molecule has 0 saturated heterocycles. The monoisotopic (exact) mass is 398 g/mol. The van der Waals surface area contributed by atoms with Gasteiger partial charge in [0.25, 0.3) is 11.5 Å². The number of nitrogens with zero attached hydrogens (tertiary/aromatic N) is 1. The number of anilines is 1. The van der Waals surface area contributed by atoms with Crippen LogP contribution in [0.2, 0.25) is 5.02 Å². The highest BCUT2D eigenvalue weighted by Crippen LogP contribution is 2.29. The predicted octanol–water partition coefficient (Wildman–Crippen LogP) is 3.82. The Kier molecular flexibility index (Phi) is 6.01. The second-order valence-electron chi connectivity index (χ2n) is 6.03. The molecular weight excluding hydrogens is 380 g/mol. The average Bonchev–Trinajstić information content (AvgIpc) is 2.71. The summed E-state index contributed by atoms with van der Waals surface area (Å²) in [7, 11) is 3.06. The molecule has 1 N–H and O–H groups in total. The van der Waals surface area contributed by atoms with Crippen LogP contribution < -0.4 is 20.3 Å². The number of ether oxygens (including phenoxy) is 2. The summed E-state index contributed by atoms with van der Waals surface area (Å²) in [4.78, 5) is 24.9. The average molecular weight is 399 g/mol. The summed E-state index contributed by atoms with van der Waals surface area (Å²) in [6, 6.07) is 15.2. The van der Waals surface area contributed by atoms with Crippen molar-refractivity contribution < 1.29 is 14.3 Å². The molecule has 0 radical (unpaired) electrons. The van der Waals surface area contributed by atoms with Crippen molar-refractivity contribution in [1.82, 2.24) is 4.57 Å². The Labute approximate surface area is 167 Å². The van der Waals surface area contributed by atoms with Crippen molar-refractivity contribution in [3.05, 3.63) is 87.3 Å². The van der Waals surface area contributed by atoms with Gasteiger partial charge in [-0.3, -0.25) is 9.59 Å². The normalized spacial score (nSPS) is 10.4. The molecule has 6 nitrogen and oxygen atoms in total. The molecule has 3 aromatic rings. The first-order valence-corrected chi connectivity index (χ1v) is 8.86.